The predicted molar refractivity (Wildman–Crippen MR) is 120 cm³/mol. The summed E-state index contributed by atoms with van der Waals surface area (Å²) in [7, 11) is 0. The molecule has 0 saturated heterocycles. The van der Waals surface area contributed by atoms with Gasteiger partial charge in [0.1, 0.15) is 11.5 Å². The number of likely N-dealkylation sites (N-methyl/N-ethyl adjacent to an activating group) is 1. The van der Waals surface area contributed by atoms with Gasteiger partial charge in [-0.1, -0.05) is 54.1 Å². The summed E-state index contributed by atoms with van der Waals surface area (Å²) in [4.78, 5) is 30.0. The molecule has 4 rings (SSSR count). The zero-order chi connectivity index (χ0) is 22.0. The normalized spacial score (nSPS) is 13.8. The van der Waals surface area contributed by atoms with Crippen molar-refractivity contribution in [3.05, 3.63) is 107 Å². The maximum Gasteiger partial charge on any atom is 0.282 e. The van der Waals surface area contributed by atoms with Crippen molar-refractivity contribution in [2.24, 2.45) is 0 Å². The van der Waals surface area contributed by atoms with Crippen molar-refractivity contribution in [3.8, 4) is 0 Å². The van der Waals surface area contributed by atoms with E-state index in [2.05, 4.69) is 0 Å². The Labute approximate surface area is 185 Å². The molecule has 0 bridgehead atoms. The summed E-state index contributed by atoms with van der Waals surface area (Å²) >= 11 is 5.98. The van der Waals surface area contributed by atoms with Crippen LogP contribution in [0.15, 0.2) is 84.6 Å². The molecule has 0 N–H and O–H groups in total. The minimum absolute atomic E-state index is 0.262. The first-order valence-electron chi connectivity index (χ1n) is 9.93. The molecule has 3 aromatic carbocycles. The lowest BCUT2D eigenvalue weighted by Crippen LogP contribution is -2.35. The number of anilines is 1. The maximum atomic E-state index is 13.5. The Bertz CT molecular complexity index is 1140. The van der Waals surface area contributed by atoms with Gasteiger partial charge in [-0.15, -0.1) is 0 Å². The van der Waals surface area contributed by atoms with Crippen LogP contribution < -0.4 is 4.90 Å². The summed E-state index contributed by atoms with van der Waals surface area (Å²) in [6.45, 7) is 2.91. The Morgan fingerprint density at radius 2 is 1.52 bits per heavy atom. The van der Waals surface area contributed by atoms with E-state index in [-0.39, 0.29) is 5.57 Å². The van der Waals surface area contributed by atoms with Gasteiger partial charge < -0.3 is 4.90 Å². The lowest BCUT2D eigenvalue weighted by atomic mass is 10.0. The van der Waals surface area contributed by atoms with Crippen molar-refractivity contribution >= 4 is 34.7 Å². The molecular weight excluding hydrogens is 415 g/mol. The quantitative estimate of drug-likeness (QED) is 0.495. The summed E-state index contributed by atoms with van der Waals surface area (Å²) in [5.41, 5.74) is 2.51. The van der Waals surface area contributed by atoms with Gasteiger partial charge >= 0.3 is 0 Å². The van der Waals surface area contributed by atoms with Crippen LogP contribution in [0.3, 0.4) is 0 Å². The molecule has 0 unspecified atom stereocenters. The zero-order valence-corrected chi connectivity index (χ0v) is 17.6. The first-order valence-corrected chi connectivity index (χ1v) is 10.3. The van der Waals surface area contributed by atoms with Crippen molar-refractivity contribution in [1.82, 2.24) is 4.90 Å². The van der Waals surface area contributed by atoms with Gasteiger partial charge in [-0.3, -0.25) is 9.59 Å². The minimum atomic E-state index is -0.444. The van der Waals surface area contributed by atoms with Crippen LogP contribution in [-0.2, 0) is 16.1 Å². The van der Waals surface area contributed by atoms with Crippen LogP contribution in [0, 0.1) is 5.82 Å². The number of carbonyl (C=O) groups is 2. The van der Waals surface area contributed by atoms with E-state index in [1.165, 1.54) is 24.3 Å². The highest BCUT2D eigenvalue weighted by molar-refractivity contribution is 6.45. The Hall–Kier alpha value is -3.44. The molecule has 0 aliphatic carbocycles. The second-order valence-corrected chi connectivity index (χ2v) is 7.59. The third-order valence-corrected chi connectivity index (χ3v) is 5.44. The van der Waals surface area contributed by atoms with Gasteiger partial charge in [0.05, 0.1) is 11.3 Å². The van der Waals surface area contributed by atoms with Gasteiger partial charge in [0.15, 0.2) is 0 Å². The third kappa shape index (κ3) is 4.09. The molecule has 0 spiro atoms. The largest absolute Gasteiger partial charge is 0.362 e. The number of amides is 2. The van der Waals surface area contributed by atoms with E-state index in [4.69, 9.17) is 11.6 Å². The lowest BCUT2D eigenvalue weighted by molar-refractivity contribution is -0.120. The third-order valence-electron chi connectivity index (χ3n) is 5.19. The number of nitrogens with zero attached hydrogens (tertiary/aromatic N) is 2. The number of halogens is 2. The molecule has 0 atom stereocenters. The first kappa shape index (κ1) is 20.8. The van der Waals surface area contributed by atoms with E-state index < -0.39 is 17.6 Å². The van der Waals surface area contributed by atoms with Crippen LogP contribution in [0.2, 0.25) is 5.02 Å². The molecule has 31 heavy (non-hydrogen) atoms. The average molecular weight is 435 g/mol. The van der Waals surface area contributed by atoms with Crippen LogP contribution >= 0.6 is 11.6 Å². The van der Waals surface area contributed by atoms with Crippen LogP contribution in [0.5, 0.6) is 0 Å². The molecule has 3 aromatic rings. The predicted octanol–water partition coefficient (Wildman–Crippen LogP) is 5.29. The molecule has 0 aromatic heterocycles. The van der Waals surface area contributed by atoms with Crippen molar-refractivity contribution in [3.63, 3.8) is 0 Å². The molecular formula is C25H20ClFN2O2. The molecule has 0 fully saturated rings. The van der Waals surface area contributed by atoms with Gasteiger partial charge in [0, 0.05) is 18.1 Å². The molecule has 1 aliphatic rings. The van der Waals surface area contributed by atoms with Crippen LogP contribution in [0.1, 0.15) is 18.1 Å². The number of hydrogen-bond donors (Lipinski definition) is 0. The number of carbonyl (C=O) groups excluding carboxylic acids is 2. The van der Waals surface area contributed by atoms with Crippen molar-refractivity contribution < 1.29 is 14.0 Å². The summed E-state index contributed by atoms with van der Waals surface area (Å²) in [6, 6.07) is 21.9. The van der Waals surface area contributed by atoms with Gasteiger partial charge in [0.2, 0.25) is 0 Å². The molecule has 6 heteroatoms. The maximum absolute atomic E-state index is 13.5. The van der Waals surface area contributed by atoms with Crippen molar-refractivity contribution in [2.45, 2.75) is 13.5 Å². The number of benzene rings is 3. The van der Waals surface area contributed by atoms with Crippen LogP contribution in [-0.4, -0.2) is 23.3 Å². The molecule has 4 nitrogen and oxygen atoms in total. The Balaban J connectivity index is 1.82. The molecule has 1 aliphatic heterocycles. The molecule has 156 valence electrons. The smallest absolute Gasteiger partial charge is 0.282 e. The second kappa shape index (κ2) is 8.74. The lowest BCUT2D eigenvalue weighted by Gasteiger charge is -2.25. The summed E-state index contributed by atoms with van der Waals surface area (Å²) in [6.07, 6.45) is 0. The van der Waals surface area contributed by atoms with E-state index in [1.807, 2.05) is 42.2 Å². The van der Waals surface area contributed by atoms with E-state index in [1.54, 1.807) is 24.3 Å². The van der Waals surface area contributed by atoms with E-state index in [9.17, 15) is 14.0 Å². The van der Waals surface area contributed by atoms with Gasteiger partial charge in [-0.05, 0) is 54.4 Å². The molecule has 1 heterocycles. The van der Waals surface area contributed by atoms with Gasteiger partial charge in [-0.2, -0.15) is 0 Å². The SMILES string of the molecule is CCN(Cc1ccccc1)C1=C(c2ccc(F)cc2)C(=O)N(c2ccc(Cl)cc2)C1=O. The first-order chi connectivity index (χ1) is 15.0. The highest BCUT2D eigenvalue weighted by Crippen LogP contribution is 2.35. The van der Waals surface area contributed by atoms with Gasteiger partial charge in [-0.25, -0.2) is 9.29 Å². The van der Waals surface area contributed by atoms with Crippen molar-refractivity contribution in [2.75, 3.05) is 11.4 Å². The number of imide groups is 1. The summed E-state index contributed by atoms with van der Waals surface area (Å²) in [5, 5.41) is 0.508. The van der Waals surface area contributed by atoms with Crippen molar-refractivity contribution in [1.29, 1.82) is 0 Å². The van der Waals surface area contributed by atoms with E-state index in [0.29, 0.717) is 35.1 Å². The minimum Gasteiger partial charge on any atom is -0.362 e. The fourth-order valence-corrected chi connectivity index (χ4v) is 3.79. The Morgan fingerprint density at radius 1 is 0.871 bits per heavy atom. The van der Waals surface area contributed by atoms with Gasteiger partial charge in [0.25, 0.3) is 11.8 Å². The van der Waals surface area contributed by atoms with E-state index in [0.717, 1.165) is 10.5 Å². The Kier molecular flexibility index (Phi) is 5.87. The van der Waals surface area contributed by atoms with Crippen LogP contribution in [0.4, 0.5) is 10.1 Å². The zero-order valence-electron chi connectivity index (χ0n) is 16.9. The number of hydrogen-bond acceptors (Lipinski definition) is 3. The highest BCUT2D eigenvalue weighted by Gasteiger charge is 2.42. The second-order valence-electron chi connectivity index (χ2n) is 7.15. The van der Waals surface area contributed by atoms with E-state index >= 15 is 0 Å². The fraction of sp³-hybridized carbons (Fsp3) is 0.120. The molecule has 2 amide bonds. The molecule has 0 saturated carbocycles. The fourth-order valence-electron chi connectivity index (χ4n) is 3.67. The Morgan fingerprint density at radius 3 is 2.13 bits per heavy atom. The highest BCUT2D eigenvalue weighted by atomic mass is 35.5. The topological polar surface area (TPSA) is 40.6 Å². The number of rotatable bonds is 6. The standard InChI is InChI=1S/C25H20ClFN2O2/c1-2-28(16-17-6-4-3-5-7-17)23-22(18-8-12-20(27)13-9-18)24(30)29(25(23)31)21-14-10-19(26)11-15-21/h3-15H,2,16H2,1H3. The monoisotopic (exact) mass is 434 g/mol. The van der Waals surface area contributed by atoms with Crippen LogP contribution in [0.25, 0.3) is 5.57 Å². The molecule has 0 radical (unpaired) electrons. The summed E-state index contributed by atoms with van der Waals surface area (Å²) < 4.78 is 13.5. The summed E-state index contributed by atoms with van der Waals surface area (Å²) in [5.74, 6) is -1.27. The average Bonchev–Trinajstić information content (AvgIpc) is 3.04.